The van der Waals surface area contributed by atoms with Crippen LogP contribution in [0.25, 0.3) is 0 Å². The zero-order chi connectivity index (χ0) is 13.7. The smallest absolute Gasteiger partial charge is 0.133 e. The van der Waals surface area contributed by atoms with Crippen molar-refractivity contribution < 1.29 is 8.78 Å². The molecule has 0 saturated heterocycles. The van der Waals surface area contributed by atoms with Crippen LogP contribution in [-0.4, -0.2) is 29.9 Å². The molecule has 0 N–H and O–H groups in total. The minimum Gasteiger partial charge on any atom is -0.255 e. The molecule has 0 spiro atoms. The summed E-state index contributed by atoms with van der Waals surface area (Å²) < 4.78 is 27.1. The van der Waals surface area contributed by atoms with Crippen LogP contribution >= 0.6 is 11.8 Å². The summed E-state index contributed by atoms with van der Waals surface area (Å²) in [5.41, 5.74) is -3.23. The molecule has 17 heavy (non-hydrogen) atoms. The molecule has 96 valence electrons. The lowest BCUT2D eigenvalue weighted by Gasteiger charge is -2.31. The van der Waals surface area contributed by atoms with Gasteiger partial charge in [0, 0.05) is 12.0 Å². The first-order valence-electron chi connectivity index (χ1n) is 5.53. The number of rotatable bonds is 5. The van der Waals surface area contributed by atoms with Crippen LogP contribution in [-0.2, 0) is 0 Å². The average Bonchev–Trinajstić information content (AvgIpc) is 2.12. The van der Waals surface area contributed by atoms with E-state index in [1.807, 2.05) is 20.8 Å². The highest BCUT2D eigenvalue weighted by atomic mass is 32.2. The van der Waals surface area contributed by atoms with Gasteiger partial charge in [-0.25, -0.2) is 4.39 Å². The van der Waals surface area contributed by atoms with E-state index in [1.54, 1.807) is 6.20 Å². The summed E-state index contributed by atoms with van der Waals surface area (Å²) in [5.74, 6) is 0.454. The summed E-state index contributed by atoms with van der Waals surface area (Å²) in [5, 5.41) is 0.833. The molecule has 0 aliphatic carbocycles. The van der Waals surface area contributed by atoms with E-state index in [4.69, 9.17) is 7.85 Å². The monoisotopic (exact) mass is 259 g/mol. The zero-order valence-corrected chi connectivity index (χ0v) is 12.0. The Hall–Kier alpha value is -0.315. The van der Waals surface area contributed by atoms with Gasteiger partial charge in [-0.1, -0.05) is 5.57 Å². The first kappa shape index (κ1) is 16.7. The summed E-state index contributed by atoms with van der Waals surface area (Å²) in [7, 11) is 5.14. The van der Waals surface area contributed by atoms with Crippen molar-refractivity contribution in [3.05, 3.63) is 11.8 Å². The minimum absolute atomic E-state index is 0.0584. The van der Waals surface area contributed by atoms with Gasteiger partial charge in [-0.3, -0.25) is 9.38 Å². The molecular weight excluding hydrogens is 239 g/mol. The summed E-state index contributed by atoms with van der Waals surface area (Å²) in [4.78, 5) is 4.18. The van der Waals surface area contributed by atoms with Gasteiger partial charge < -0.3 is 0 Å². The first-order valence-corrected chi connectivity index (χ1v) is 6.52. The molecule has 5 heteroatoms. The number of thioether (sulfide) groups is 1. The molecule has 0 aromatic heterocycles. The van der Waals surface area contributed by atoms with Crippen molar-refractivity contribution in [2.45, 2.75) is 52.3 Å². The van der Waals surface area contributed by atoms with Gasteiger partial charge in [0.1, 0.15) is 13.5 Å². The molecule has 2 unspecified atom stereocenters. The van der Waals surface area contributed by atoms with E-state index in [2.05, 4.69) is 4.99 Å². The summed E-state index contributed by atoms with van der Waals surface area (Å²) >= 11 is 1.40. The van der Waals surface area contributed by atoms with Crippen molar-refractivity contribution in [3.63, 3.8) is 0 Å². The lowest BCUT2D eigenvalue weighted by Crippen LogP contribution is -2.43. The summed E-state index contributed by atoms with van der Waals surface area (Å²) in [6.45, 7) is 7.99. The Kier molecular flexibility index (Phi) is 6.45. The third-order valence-electron chi connectivity index (χ3n) is 2.41. The SMILES string of the molecule is [B]C(C)(F)C(C)(F)CCSC(C)=NC=C(C)C. The second kappa shape index (κ2) is 6.57. The topological polar surface area (TPSA) is 12.4 Å². The van der Waals surface area contributed by atoms with E-state index >= 15 is 0 Å². The van der Waals surface area contributed by atoms with Crippen LogP contribution in [0.5, 0.6) is 0 Å². The highest BCUT2D eigenvalue weighted by Crippen LogP contribution is 2.31. The fourth-order valence-corrected chi connectivity index (χ4v) is 1.80. The Morgan fingerprint density at radius 1 is 1.29 bits per heavy atom. The number of alkyl halides is 2. The molecule has 2 radical (unpaired) electrons. The average molecular weight is 259 g/mol. The second-order valence-corrected chi connectivity index (χ2v) is 6.01. The van der Waals surface area contributed by atoms with Crippen LogP contribution in [0.3, 0.4) is 0 Å². The predicted molar refractivity (Wildman–Crippen MR) is 74.4 cm³/mol. The molecule has 0 aliphatic rings. The van der Waals surface area contributed by atoms with Crippen LogP contribution in [0.1, 0.15) is 41.0 Å². The Morgan fingerprint density at radius 3 is 2.24 bits per heavy atom. The second-order valence-electron chi connectivity index (χ2n) is 4.73. The van der Waals surface area contributed by atoms with E-state index in [0.717, 1.165) is 17.5 Å². The van der Waals surface area contributed by atoms with Crippen LogP contribution in [0.4, 0.5) is 8.78 Å². The maximum atomic E-state index is 13.8. The van der Waals surface area contributed by atoms with Crippen molar-refractivity contribution in [2.24, 2.45) is 4.99 Å². The molecule has 0 rings (SSSR count). The Bertz CT molecular complexity index is 302. The van der Waals surface area contributed by atoms with Gasteiger partial charge in [-0.2, -0.15) is 0 Å². The van der Waals surface area contributed by atoms with E-state index in [1.165, 1.54) is 18.7 Å². The van der Waals surface area contributed by atoms with E-state index < -0.39 is 11.2 Å². The summed E-state index contributed by atoms with van der Waals surface area (Å²) in [6, 6.07) is 0. The maximum absolute atomic E-state index is 13.8. The molecular formula is C12H20BF2NS. The molecule has 2 atom stereocenters. The lowest BCUT2D eigenvalue weighted by molar-refractivity contribution is 0.0449. The molecule has 0 fully saturated rings. The fourth-order valence-electron chi connectivity index (χ4n) is 0.892. The third-order valence-corrected chi connectivity index (χ3v) is 3.34. The van der Waals surface area contributed by atoms with Gasteiger partial charge in [0.2, 0.25) is 0 Å². The number of allylic oxidation sites excluding steroid dienone is 1. The van der Waals surface area contributed by atoms with Crippen molar-refractivity contribution in [2.75, 3.05) is 5.75 Å². The molecule has 0 amide bonds. The number of hydrogen-bond acceptors (Lipinski definition) is 2. The predicted octanol–water partition coefficient (Wildman–Crippen LogP) is 4.03. The quantitative estimate of drug-likeness (QED) is 0.412. The fraction of sp³-hybridized carbons (Fsp3) is 0.750. The highest BCUT2D eigenvalue weighted by Gasteiger charge is 2.40. The number of hydrogen-bond donors (Lipinski definition) is 0. The number of halogens is 2. The number of nitrogens with zero attached hydrogens (tertiary/aromatic N) is 1. The third kappa shape index (κ3) is 6.87. The van der Waals surface area contributed by atoms with Gasteiger partial charge in [0.05, 0.1) is 10.6 Å². The standard InChI is InChI=1S/C12H20BF2NS/c1-9(2)8-16-10(3)17-7-6-11(4,14)12(5,13)15/h8H,6-7H2,1-5H3. The molecule has 0 heterocycles. The van der Waals surface area contributed by atoms with Gasteiger partial charge in [-0.05, 0) is 41.0 Å². The normalized spacial score (nSPS) is 19.4. The summed E-state index contributed by atoms with van der Waals surface area (Å²) in [6.07, 6.45) is 1.81. The highest BCUT2D eigenvalue weighted by molar-refractivity contribution is 8.13. The van der Waals surface area contributed by atoms with Crippen molar-refractivity contribution in [1.29, 1.82) is 0 Å². The molecule has 0 aliphatic heterocycles. The van der Waals surface area contributed by atoms with Crippen molar-refractivity contribution in [3.8, 4) is 0 Å². The van der Waals surface area contributed by atoms with Crippen molar-refractivity contribution in [1.82, 2.24) is 0 Å². The van der Waals surface area contributed by atoms with E-state index in [9.17, 15) is 8.78 Å². The zero-order valence-electron chi connectivity index (χ0n) is 11.2. The van der Waals surface area contributed by atoms with E-state index in [-0.39, 0.29) is 6.42 Å². The van der Waals surface area contributed by atoms with Crippen LogP contribution in [0.2, 0.25) is 0 Å². The molecule has 0 aromatic carbocycles. The molecule has 0 bridgehead atoms. The van der Waals surface area contributed by atoms with E-state index in [0.29, 0.717) is 5.75 Å². The van der Waals surface area contributed by atoms with Gasteiger partial charge in [0.15, 0.2) is 0 Å². The van der Waals surface area contributed by atoms with Crippen molar-refractivity contribution >= 4 is 24.7 Å². The molecule has 0 saturated carbocycles. The largest absolute Gasteiger partial charge is 0.255 e. The Labute approximate surface area is 109 Å². The van der Waals surface area contributed by atoms with Gasteiger partial charge in [-0.15, -0.1) is 11.8 Å². The van der Waals surface area contributed by atoms with Crippen LogP contribution < -0.4 is 0 Å². The van der Waals surface area contributed by atoms with Crippen LogP contribution in [0, 0.1) is 0 Å². The molecule has 1 nitrogen and oxygen atoms in total. The van der Waals surface area contributed by atoms with Crippen LogP contribution in [0.15, 0.2) is 16.8 Å². The Morgan fingerprint density at radius 2 is 1.82 bits per heavy atom. The van der Waals surface area contributed by atoms with Gasteiger partial charge in [0.25, 0.3) is 0 Å². The maximum Gasteiger partial charge on any atom is 0.133 e. The van der Waals surface area contributed by atoms with Gasteiger partial charge >= 0.3 is 0 Å². The first-order chi connectivity index (χ1) is 7.56. The molecule has 0 aromatic rings. The lowest BCUT2D eigenvalue weighted by atomic mass is 9.72. The Balaban J connectivity index is 4.17. The number of aliphatic imine (C=N–C) groups is 1. The minimum atomic E-state index is -2.31.